The maximum atomic E-state index is 4.14. The van der Waals surface area contributed by atoms with Crippen molar-refractivity contribution in [3.8, 4) is 0 Å². The fraction of sp³-hybridized carbons (Fsp3) is 0.125. The maximum absolute atomic E-state index is 4.14. The van der Waals surface area contributed by atoms with Crippen molar-refractivity contribution in [3.05, 3.63) is 30.0 Å². The van der Waals surface area contributed by atoms with Crippen molar-refractivity contribution in [2.24, 2.45) is 0 Å². The van der Waals surface area contributed by atoms with Gasteiger partial charge in [-0.1, -0.05) is 34.1 Å². The standard InChI is InChI=1S/C8H7BrN2/c9-5-8-6-3-1-2-4-7(6)10-11-8/h1-4H,5H2,(H,10,11). The van der Waals surface area contributed by atoms with Gasteiger partial charge < -0.3 is 0 Å². The van der Waals surface area contributed by atoms with Crippen LogP contribution in [0.1, 0.15) is 5.69 Å². The molecule has 0 saturated carbocycles. The SMILES string of the molecule is BrCc1n[nH]c2ccccc12. The molecule has 0 aliphatic heterocycles. The van der Waals surface area contributed by atoms with Gasteiger partial charge in [-0.05, 0) is 6.07 Å². The highest BCUT2D eigenvalue weighted by Crippen LogP contribution is 2.16. The number of H-pyrrole nitrogens is 1. The van der Waals surface area contributed by atoms with Gasteiger partial charge in [0.05, 0.1) is 11.2 Å². The molecule has 0 atom stereocenters. The van der Waals surface area contributed by atoms with E-state index in [2.05, 4.69) is 32.2 Å². The van der Waals surface area contributed by atoms with Crippen LogP contribution in [0.15, 0.2) is 24.3 Å². The second-order valence-corrected chi connectivity index (χ2v) is 2.91. The smallest absolute Gasteiger partial charge is 0.0806 e. The first-order valence-corrected chi connectivity index (χ1v) is 4.52. The Morgan fingerprint density at radius 2 is 2.18 bits per heavy atom. The Labute approximate surface area is 72.7 Å². The summed E-state index contributed by atoms with van der Waals surface area (Å²) in [5, 5.41) is 9.10. The molecule has 0 unspecified atom stereocenters. The van der Waals surface area contributed by atoms with Crippen LogP contribution in [0.25, 0.3) is 10.9 Å². The van der Waals surface area contributed by atoms with E-state index in [9.17, 15) is 0 Å². The summed E-state index contributed by atoms with van der Waals surface area (Å²) in [5.74, 6) is 0. The van der Waals surface area contributed by atoms with E-state index >= 15 is 0 Å². The summed E-state index contributed by atoms with van der Waals surface area (Å²) < 4.78 is 0. The highest BCUT2D eigenvalue weighted by atomic mass is 79.9. The zero-order valence-corrected chi connectivity index (χ0v) is 7.43. The number of hydrogen-bond donors (Lipinski definition) is 1. The number of nitrogens with one attached hydrogen (secondary N) is 1. The van der Waals surface area contributed by atoms with Crippen molar-refractivity contribution in [2.75, 3.05) is 0 Å². The Balaban J connectivity index is 2.76. The number of halogens is 1. The molecule has 0 saturated heterocycles. The van der Waals surface area contributed by atoms with Gasteiger partial charge in [0, 0.05) is 10.7 Å². The Kier molecular flexibility index (Phi) is 1.66. The summed E-state index contributed by atoms with van der Waals surface area (Å²) >= 11 is 3.38. The second kappa shape index (κ2) is 2.66. The molecule has 3 heteroatoms. The van der Waals surface area contributed by atoms with Gasteiger partial charge in [-0.15, -0.1) is 0 Å². The fourth-order valence-corrected chi connectivity index (χ4v) is 1.55. The van der Waals surface area contributed by atoms with E-state index in [0.717, 1.165) is 16.5 Å². The summed E-state index contributed by atoms with van der Waals surface area (Å²) in [7, 11) is 0. The number of benzene rings is 1. The third kappa shape index (κ3) is 1.05. The number of fused-ring (bicyclic) bond motifs is 1. The van der Waals surface area contributed by atoms with Crippen LogP contribution in [0.3, 0.4) is 0 Å². The molecule has 0 fully saturated rings. The Morgan fingerprint density at radius 1 is 1.36 bits per heavy atom. The molecule has 1 N–H and O–H groups in total. The van der Waals surface area contributed by atoms with E-state index in [0.29, 0.717) is 0 Å². The highest BCUT2D eigenvalue weighted by Gasteiger charge is 2.00. The van der Waals surface area contributed by atoms with Gasteiger partial charge in [-0.25, -0.2) is 0 Å². The molecule has 0 amide bonds. The lowest BCUT2D eigenvalue weighted by molar-refractivity contribution is 1.06. The monoisotopic (exact) mass is 210 g/mol. The second-order valence-electron chi connectivity index (χ2n) is 2.35. The Hall–Kier alpha value is -0.830. The topological polar surface area (TPSA) is 28.7 Å². The summed E-state index contributed by atoms with van der Waals surface area (Å²) in [5.41, 5.74) is 2.17. The lowest BCUT2D eigenvalue weighted by Crippen LogP contribution is -1.75. The molecular weight excluding hydrogens is 204 g/mol. The van der Waals surface area contributed by atoms with Crippen LogP contribution >= 0.6 is 15.9 Å². The molecule has 2 nitrogen and oxygen atoms in total. The van der Waals surface area contributed by atoms with E-state index in [1.807, 2.05) is 18.2 Å². The van der Waals surface area contributed by atoms with E-state index in [1.165, 1.54) is 5.39 Å². The minimum Gasteiger partial charge on any atom is -0.278 e. The molecular formula is C8H7BrN2. The zero-order chi connectivity index (χ0) is 7.68. The highest BCUT2D eigenvalue weighted by molar-refractivity contribution is 9.08. The Bertz CT molecular complexity index is 367. The summed E-state index contributed by atoms with van der Waals surface area (Å²) in [6.07, 6.45) is 0. The third-order valence-electron chi connectivity index (χ3n) is 1.68. The number of aromatic nitrogens is 2. The molecule has 56 valence electrons. The zero-order valence-electron chi connectivity index (χ0n) is 5.84. The van der Waals surface area contributed by atoms with Gasteiger partial charge in [0.15, 0.2) is 0 Å². The predicted octanol–water partition coefficient (Wildman–Crippen LogP) is 2.46. The molecule has 2 aromatic rings. The van der Waals surface area contributed by atoms with Gasteiger partial charge in [-0.3, -0.25) is 5.10 Å². The summed E-state index contributed by atoms with van der Waals surface area (Å²) in [4.78, 5) is 0. The first-order valence-electron chi connectivity index (χ1n) is 3.40. The van der Waals surface area contributed by atoms with Gasteiger partial charge in [-0.2, -0.15) is 5.10 Å². The largest absolute Gasteiger partial charge is 0.278 e. The van der Waals surface area contributed by atoms with Crippen LogP contribution in [0.4, 0.5) is 0 Å². The molecule has 1 heterocycles. The normalized spacial score (nSPS) is 10.6. The van der Waals surface area contributed by atoms with E-state index in [4.69, 9.17) is 0 Å². The van der Waals surface area contributed by atoms with Gasteiger partial charge in [0.25, 0.3) is 0 Å². The lowest BCUT2D eigenvalue weighted by atomic mass is 10.2. The quantitative estimate of drug-likeness (QED) is 0.721. The minimum atomic E-state index is 0.803. The lowest BCUT2D eigenvalue weighted by Gasteiger charge is -1.87. The van der Waals surface area contributed by atoms with Crippen molar-refractivity contribution in [3.63, 3.8) is 0 Å². The minimum absolute atomic E-state index is 0.803. The summed E-state index contributed by atoms with van der Waals surface area (Å²) in [6.45, 7) is 0. The molecule has 1 aromatic carbocycles. The van der Waals surface area contributed by atoms with Crippen molar-refractivity contribution in [1.82, 2.24) is 10.2 Å². The van der Waals surface area contributed by atoms with Crippen LogP contribution in [0.2, 0.25) is 0 Å². The summed E-state index contributed by atoms with van der Waals surface area (Å²) in [6, 6.07) is 8.10. The maximum Gasteiger partial charge on any atom is 0.0806 e. The molecule has 0 aliphatic carbocycles. The molecule has 1 aromatic heterocycles. The molecule has 0 spiro atoms. The molecule has 0 bridgehead atoms. The van der Waals surface area contributed by atoms with Crippen molar-refractivity contribution >= 4 is 26.8 Å². The predicted molar refractivity (Wildman–Crippen MR) is 48.7 cm³/mol. The van der Waals surface area contributed by atoms with E-state index in [1.54, 1.807) is 0 Å². The Morgan fingerprint density at radius 3 is 3.00 bits per heavy atom. The van der Waals surface area contributed by atoms with Crippen LogP contribution < -0.4 is 0 Å². The number of rotatable bonds is 1. The van der Waals surface area contributed by atoms with Crippen LogP contribution in [-0.2, 0) is 5.33 Å². The van der Waals surface area contributed by atoms with E-state index in [-0.39, 0.29) is 0 Å². The fourth-order valence-electron chi connectivity index (χ4n) is 1.12. The number of alkyl halides is 1. The number of aromatic amines is 1. The van der Waals surface area contributed by atoms with Crippen molar-refractivity contribution in [1.29, 1.82) is 0 Å². The van der Waals surface area contributed by atoms with Gasteiger partial charge in [0.2, 0.25) is 0 Å². The number of para-hydroxylation sites is 1. The van der Waals surface area contributed by atoms with Crippen LogP contribution in [-0.4, -0.2) is 10.2 Å². The number of nitrogens with zero attached hydrogens (tertiary/aromatic N) is 1. The number of hydrogen-bond acceptors (Lipinski definition) is 1. The van der Waals surface area contributed by atoms with Gasteiger partial charge in [0.1, 0.15) is 0 Å². The first-order chi connectivity index (χ1) is 5.42. The van der Waals surface area contributed by atoms with Crippen LogP contribution in [0.5, 0.6) is 0 Å². The van der Waals surface area contributed by atoms with Crippen molar-refractivity contribution in [2.45, 2.75) is 5.33 Å². The van der Waals surface area contributed by atoms with Gasteiger partial charge >= 0.3 is 0 Å². The molecule has 0 aliphatic rings. The van der Waals surface area contributed by atoms with E-state index < -0.39 is 0 Å². The third-order valence-corrected chi connectivity index (χ3v) is 2.21. The first kappa shape index (κ1) is 6.85. The average Bonchev–Trinajstić information content (AvgIpc) is 2.47. The average molecular weight is 211 g/mol. The molecule has 11 heavy (non-hydrogen) atoms. The van der Waals surface area contributed by atoms with Crippen LogP contribution in [0, 0.1) is 0 Å². The molecule has 0 radical (unpaired) electrons. The molecule has 2 rings (SSSR count). The van der Waals surface area contributed by atoms with Crippen molar-refractivity contribution < 1.29 is 0 Å².